The van der Waals surface area contributed by atoms with Gasteiger partial charge in [0.2, 0.25) is 0 Å². The van der Waals surface area contributed by atoms with Gasteiger partial charge >= 0.3 is 0 Å². The first kappa shape index (κ1) is 8.75. The maximum Gasteiger partial charge on any atom is 0.0850 e. The normalized spacial score (nSPS) is 14.1. The summed E-state index contributed by atoms with van der Waals surface area (Å²) in [5.41, 5.74) is 0. The molecule has 0 aliphatic heterocycles. The Morgan fingerprint density at radius 2 is 2.14 bits per heavy atom. The van der Waals surface area contributed by atoms with Crippen LogP contribution in [0.15, 0.2) is 0 Å². The third kappa shape index (κ3) is 7.75. The predicted octanol–water partition coefficient (Wildman–Crippen LogP) is 3.20. The summed E-state index contributed by atoms with van der Waals surface area (Å²) in [5.74, 6) is 0. The molecule has 3 heteroatoms. The fourth-order valence-corrected chi connectivity index (χ4v) is 1.27. The summed E-state index contributed by atoms with van der Waals surface area (Å²) in [6.45, 7) is 0. The van der Waals surface area contributed by atoms with E-state index in [2.05, 4.69) is 45.2 Å². The molecular formula is C4H7ClI2. The summed E-state index contributed by atoms with van der Waals surface area (Å²) in [5, 5.41) is 0. The highest BCUT2D eigenvalue weighted by atomic mass is 127. The van der Waals surface area contributed by atoms with Gasteiger partial charge in [-0.2, -0.15) is 0 Å². The molecule has 0 rings (SSSR count). The predicted molar refractivity (Wildman–Crippen MR) is 51.8 cm³/mol. The van der Waals surface area contributed by atoms with Gasteiger partial charge < -0.3 is 0 Å². The molecule has 0 fully saturated rings. The van der Waals surface area contributed by atoms with Crippen molar-refractivity contribution < 1.29 is 0 Å². The van der Waals surface area contributed by atoms with Crippen molar-refractivity contribution in [2.24, 2.45) is 0 Å². The molecule has 0 aromatic rings. The van der Waals surface area contributed by atoms with E-state index in [0.717, 1.165) is 6.42 Å². The third-order valence-electron chi connectivity index (χ3n) is 0.556. The lowest BCUT2D eigenvalue weighted by atomic mass is 10.4. The van der Waals surface area contributed by atoms with Crippen molar-refractivity contribution in [3.63, 3.8) is 0 Å². The number of halogens is 3. The molecule has 0 saturated carbocycles. The highest BCUT2D eigenvalue weighted by Crippen LogP contribution is 2.13. The molecule has 0 radical (unpaired) electrons. The number of alkyl halides is 3. The van der Waals surface area contributed by atoms with E-state index in [9.17, 15) is 0 Å². The second-order valence-corrected chi connectivity index (χ2v) is 5.07. The van der Waals surface area contributed by atoms with Crippen molar-refractivity contribution in [3.8, 4) is 0 Å². The summed E-state index contributed by atoms with van der Waals surface area (Å²) < 4.78 is 1.57. The first-order valence-electron chi connectivity index (χ1n) is 2.11. The topological polar surface area (TPSA) is 0 Å². The second-order valence-electron chi connectivity index (χ2n) is 1.22. The summed E-state index contributed by atoms with van der Waals surface area (Å²) in [6, 6.07) is 0. The van der Waals surface area contributed by atoms with Crippen LogP contribution in [0.3, 0.4) is 0 Å². The van der Waals surface area contributed by atoms with Gasteiger partial charge in [0.25, 0.3) is 0 Å². The van der Waals surface area contributed by atoms with E-state index >= 15 is 0 Å². The van der Waals surface area contributed by atoms with Crippen LogP contribution in [0.2, 0.25) is 0 Å². The van der Waals surface area contributed by atoms with Crippen LogP contribution in [-0.2, 0) is 0 Å². The highest BCUT2D eigenvalue weighted by molar-refractivity contribution is 14.1. The van der Waals surface area contributed by atoms with Gasteiger partial charge in [0.1, 0.15) is 0 Å². The van der Waals surface area contributed by atoms with Crippen LogP contribution in [-0.4, -0.2) is 7.81 Å². The van der Waals surface area contributed by atoms with Crippen molar-refractivity contribution in [2.45, 2.75) is 16.2 Å². The van der Waals surface area contributed by atoms with Crippen LogP contribution in [0.5, 0.6) is 0 Å². The van der Waals surface area contributed by atoms with Crippen LogP contribution < -0.4 is 0 Å². The Morgan fingerprint density at radius 3 is 2.29 bits per heavy atom. The molecule has 0 heterocycles. The first-order chi connectivity index (χ1) is 3.27. The zero-order chi connectivity index (χ0) is 5.70. The largest absolute Gasteiger partial charge is 0.111 e. The Kier molecular flexibility index (Phi) is 7.35. The molecule has 1 unspecified atom stereocenters. The fraction of sp³-hybridized carbons (Fsp3) is 1.00. The van der Waals surface area contributed by atoms with Crippen molar-refractivity contribution in [1.82, 2.24) is 0 Å². The summed E-state index contributed by atoms with van der Waals surface area (Å²) in [4.78, 5) is 0. The lowest BCUT2D eigenvalue weighted by Gasteiger charge is -1.94. The maximum atomic E-state index is 5.64. The van der Waals surface area contributed by atoms with E-state index in [1.807, 2.05) is 0 Å². The van der Waals surface area contributed by atoms with Crippen LogP contribution in [0.25, 0.3) is 0 Å². The van der Waals surface area contributed by atoms with Gasteiger partial charge in [-0.05, 0) is 17.3 Å². The van der Waals surface area contributed by atoms with Gasteiger partial charge in [-0.15, -0.1) is 11.6 Å². The molecule has 0 aromatic heterocycles. The summed E-state index contributed by atoms with van der Waals surface area (Å²) in [7, 11) is 0. The molecule has 0 aliphatic carbocycles. The van der Waals surface area contributed by atoms with Crippen molar-refractivity contribution in [3.05, 3.63) is 0 Å². The Morgan fingerprint density at radius 1 is 1.57 bits per heavy atom. The Hall–Kier alpha value is 1.75. The summed E-state index contributed by atoms with van der Waals surface area (Å²) in [6.07, 6.45) is 2.39. The quantitative estimate of drug-likeness (QED) is 0.545. The van der Waals surface area contributed by atoms with E-state index in [4.69, 9.17) is 11.6 Å². The maximum absolute atomic E-state index is 5.64. The Balaban J connectivity index is 2.68. The molecule has 0 saturated heterocycles. The molecule has 0 aromatic carbocycles. The van der Waals surface area contributed by atoms with Crippen LogP contribution in [0.4, 0.5) is 0 Å². The van der Waals surface area contributed by atoms with E-state index in [1.54, 1.807) is 0 Å². The monoisotopic (exact) mass is 344 g/mol. The lowest BCUT2D eigenvalue weighted by Crippen LogP contribution is -1.84. The third-order valence-corrected chi connectivity index (χ3v) is 2.16. The zero-order valence-electron chi connectivity index (χ0n) is 3.83. The minimum Gasteiger partial charge on any atom is -0.111 e. The molecule has 0 bridgehead atoms. The molecule has 0 nitrogen and oxygen atoms in total. The van der Waals surface area contributed by atoms with E-state index in [-0.39, 0.29) is 0 Å². The summed E-state index contributed by atoms with van der Waals surface area (Å²) >= 11 is 10.2. The van der Waals surface area contributed by atoms with Crippen molar-refractivity contribution >= 4 is 56.8 Å². The lowest BCUT2D eigenvalue weighted by molar-refractivity contribution is 0.900. The Bertz CT molecular complexity index is 38.7. The zero-order valence-corrected chi connectivity index (χ0v) is 8.90. The number of hydrogen-bond acceptors (Lipinski definition) is 0. The fourth-order valence-electron chi connectivity index (χ4n) is 0.231. The standard InChI is InChI=1S/C4H7ClI2/c5-4(7)2-1-3-6/h4H,1-3H2. The van der Waals surface area contributed by atoms with Gasteiger partial charge in [0.05, 0.1) is 3.38 Å². The number of hydrogen-bond donors (Lipinski definition) is 0. The average molecular weight is 344 g/mol. The molecular weight excluding hydrogens is 337 g/mol. The Labute approximate surface area is 76.7 Å². The highest BCUT2D eigenvalue weighted by Gasteiger charge is 1.93. The van der Waals surface area contributed by atoms with Crippen LogP contribution in [0, 0.1) is 0 Å². The molecule has 0 amide bonds. The van der Waals surface area contributed by atoms with Crippen molar-refractivity contribution in [2.75, 3.05) is 4.43 Å². The van der Waals surface area contributed by atoms with E-state index in [1.165, 1.54) is 10.8 Å². The molecule has 1 atom stereocenters. The van der Waals surface area contributed by atoms with Gasteiger partial charge in [0.15, 0.2) is 0 Å². The minimum absolute atomic E-state index is 0.340. The molecule has 7 heavy (non-hydrogen) atoms. The SMILES string of the molecule is ClC(I)CCCI. The van der Waals surface area contributed by atoms with E-state index < -0.39 is 0 Å². The first-order valence-corrected chi connectivity index (χ1v) is 5.32. The molecule has 0 spiro atoms. The molecule has 0 aliphatic rings. The minimum atomic E-state index is 0.340. The van der Waals surface area contributed by atoms with Gasteiger partial charge in [0, 0.05) is 0 Å². The van der Waals surface area contributed by atoms with Gasteiger partial charge in [-0.25, -0.2) is 0 Å². The van der Waals surface area contributed by atoms with Gasteiger partial charge in [-0.1, -0.05) is 45.2 Å². The number of rotatable bonds is 3. The van der Waals surface area contributed by atoms with Crippen LogP contribution in [0.1, 0.15) is 12.8 Å². The second kappa shape index (κ2) is 5.88. The van der Waals surface area contributed by atoms with Crippen LogP contribution >= 0.6 is 56.8 Å². The van der Waals surface area contributed by atoms with Gasteiger partial charge in [-0.3, -0.25) is 0 Å². The van der Waals surface area contributed by atoms with E-state index in [0.29, 0.717) is 3.38 Å². The average Bonchev–Trinajstić information content (AvgIpc) is 1.61. The smallest absolute Gasteiger partial charge is 0.0850 e. The van der Waals surface area contributed by atoms with Crippen molar-refractivity contribution in [1.29, 1.82) is 0 Å². The molecule has 0 N–H and O–H groups in total. The molecule has 44 valence electrons.